The van der Waals surface area contributed by atoms with Gasteiger partial charge in [0.15, 0.2) is 0 Å². The van der Waals surface area contributed by atoms with Crippen molar-refractivity contribution in [3.63, 3.8) is 0 Å². The van der Waals surface area contributed by atoms with E-state index in [0.717, 1.165) is 42.5 Å². The van der Waals surface area contributed by atoms with E-state index >= 15 is 0 Å². The number of methoxy groups -OCH3 is 2. The van der Waals surface area contributed by atoms with Gasteiger partial charge in [-0.1, -0.05) is 0 Å². The van der Waals surface area contributed by atoms with Gasteiger partial charge in [-0.15, -0.1) is 0 Å². The predicted octanol–water partition coefficient (Wildman–Crippen LogP) is 2.69. The number of nitrogens with zero attached hydrogens (tertiary/aromatic N) is 4. The van der Waals surface area contributed by atoms with E-state index in [1.165, 1.54) is 0 Å². The Bertz CT molecular complexity index is 748. The predicted molar refractivity (Wildman–Crippen MR) is 97.5 cm³/mol. The fourth-order valence-electron chi connectivity index (χ4n) is 3.12. The van der Waals surface area contributed by atoms with Gasteiger partial charge in [-0.3, -0.25) is 0 Å². The minimum atomic E-state index is 0.359. The van der Waals surface area contributed by atoms with E-state index in [0.29, 0.717) is 11.6 Å². The zero-order valence-corrected chi connectivity index (χ0v) is 14.8. The molecule has 2 aromatic rings. The van der Waals surface area contributed by atoms with Gasteiger partial charge in [-0.2, -0.15) is 5.26 Å². The summed E-state index contributed by atoms with van der Waals surface area (Å²) >= 11 is 0. The van der Waals surface area contributed by atoms with Crippen LogP contribution in [-0.2, 0) is 0 Å². The molecule has 3 rings (SSSR count). The van der Waals surface area contributed by atoms with Crippen LogP contribution in [0.15, 0.2) is 36.5 Å². The molecule has 1 aliphatic rings. The van der Waals surface area contributed by atoms with Crippen LogP contribution in [0, 0.1) is 11.3 Å². The lowest BCUT2D eigenvalue weighted by atomic mass is 10.2. The Morgan fingerprint density at radius 2 is 1.92 bits per heavy atom. The van der Waals surface area contributed by atoms with Crippen LogP contribution in [0.1, 0.15) is 12.0 Å². The van der Waals surface area contributed by atoms with Crippen molar-refractivity contribution in [2.24, 2.45) is 0 Å². The lowest BCUT2D eigenvalue weighted by Gasteiger charge is -2.26. The Morgan fingerprint density at radius 1 is 1.20 bits per heavy atom. The highest BCUT2D eigenvalue weighted by Gasteiger charge is 2.27. The normalized spacial score (nSPS) is 16.4. The van der Waals surface area contributed by atoms with Crippen molar-refractivity contribution in [2.75, 3.05) is 44.2 Å². The molecule has 1 aromatic carbocycles. The van der Waals surface area contributed by atoms with Crippen molar-refractivity contribution < 1.29 is 9.47 Å². The minimum absolute atomic E-state index is 0.359. The van der Waals surface area contributed by atoms with Crippen LogP contribution < -0.4 is 19.3 Å². The fourth-order valence-corrected chi connectivity index (χ4v) is 3.12. The molecule has 0 aliphatic carbocycles. The summed E-state index contributed by atoms with van der Waals surface area (Å²) in [6.07, 6.45) is 2.66. The number of likely N-dealkylation sites (N-methyl/N-ethyl adjacent to an activating group) is 1. The molecule has 0 N–H and O–H groups in total. The largest absolute Gasteiger partial charge is 0.497 e. The van der Waals surface area contributed by atoms with Crippen LogP contribution in [0.5, 0.6) is 11.5 Å². The van der Waals surface area contributed by atoms with E-state index in [9.17, 15) is 0 Å². The molecule has 1 aromatic heterocycles. The van der Waals surface area contributed by atoms with Crippen molar-refractivity contribution >= 4 is 11.5 Å². The monoisotopic (exact) mass is 338 g/mol. The van der Waals surface area contributed by atoms with Gasteiger partial charge in [0, 0.05) is 56.3 Å². The first-order valence-electron chi connectivity index (χ1n) is 8.21. The maximum Gasteiger partial charge on any atom is 0.128 e. The van der Waals surface area contributed by atoms with E-state index in [1.807, 2.05) is 24.3 Å². The van der Waals surface area contributed by atoms with Gasteiger partial charge >= 0.3 is 0 Å². The second-order valence-electron chi connectivity index (χ2n) is 6.09. The molecule has 2 heterocycles. The first kappa shape index (κ1) is 16.9. The van der Waals surface area contributed by atoms with Crippen LogP contribution in [0.2, 0.25) is 0 Å². The molecule has 1 saturated heterocycles. The summed E-state index contributed by atoms with van der Waals surface area (Å²) in [5.41, 5.74) is 1.67. The Hall–Kier alpha value is -2.94. The highest BCUT2D eigenvalue weighted by molar-refractivity contribution is 5.57. The Labute approximate surface area is 148 Å². The van der Waals surface area contributed by atoms with Crippen LogP contribution in [0.25, 0.3) is 0 Å². The number of benzene rings is 1. The van der Waals surface area contributed by atoms with Crippen molar-refractivity contribution in [2.45, 2.75) is 12.5 Å². The second kappa shape index (κ2) is 7.31. The van der Waals surface area contributed by atoms with Crippen molar-refractivity contribution in [1.29, 1.82) is 5.26 Å². The van der Waals surface area contributed by atoms with Gasteiger partial charge in [0.1, 0.15) is 23.4 Å². The van der Waals surface area contributed by atoms with Crippen LogP contribution in [-0.4, -0.2) is 45.4 Å². The molecule has 25 heavy (non-hydrogen) atoms. The van der Waals surface area contributed by atoms with Gasteiger partial charge in [-0.05, 0) is 18.6 Å². The van der Waals surface area contributed by atoms with E-state index in [1.54, 1.807) is 26.5 Å². The molecule has 0 saturated carbocycles. The summed E-state index contributed by atoms with van der Waals surface area (Å²) in [5.74, 6) is 2.47. The number of hydrogen-bond acceptors (Lipinski definition) is 6. The van der Waals surface area contributed by atoms with Gasteiger partial charge in [-0.25, -0.2) is 4.98 Å². The maximum absolute atomic E-state index is 8.89. The summed E-state index contributed by atoms with van der Waals surface area (Å²) in [6.45, 7) is 1.86. The molecule has 0 radical (unpaired) electrons. The molecule has 0 amide bonds. The lowest BCUT2D eigenvalue weighted by Crippen LogP contribution is -2.35. The molecule has 1 unspecified atom stereocenters. The molecule has 6 nitrogen and oxygen atoms in total. The lowest BCUT2D eigenvalue weighted by molar-refractivity contribution is 0.394. The zero-order chi connectivity index (χ0) is 17.8. The number of nitriles is 1. The van der Waals surface area contributed by atoms with Crippen LogP contribution in [0.4, 0.5) is 11.5 Å². The van der Waals surface area contributed by atoms with Crippen molar-refractivity contribution in [3.8, 4) is 17.6 Å². The van der Waals surface area contributed by atoms with Gasteiger partial charge in [0.05, 0.1) is 19.8 Å². The average Bonchev–Trinajstić information content (AvgIpc) is 3.17. The van der Waals surface area contributed by atoms with Crippen LogP contribution in [0.3, 0.4) is 0 Å². The zero-order valence-electron chi connectivity index (χ0n) is 14.8. The summed E-state index contributed by atoms with van der Waals surface area (Å²) in [4.78, 5) is 8.90. The van der Waals surface area contributed by atoms with Crippen LogP contribution >= 0.6 is 0 Å². The summed E-state index contributed by atoms with van der Waals surface area (Å²) < 4.78 is 10.7. The molecule has 0 bridgehead atoms. The number of anilines is 2. The number of pyridine rings is 1. The van der Waals surface area contributed by atoms with E-state index < -0.39 is 0 Å². The number of rotatable bonds is 5. The SMILES string of the molecule is COc1cc(OC)cc(N2CCC(N(C)c3ccc(C#N)cn3)C2)c1. The average molecular weight is 338 g/mol. The topological polar surface area (TPSA) is 61.6 Å². The quantitative estimate of drug-likeness (QED) is 0.835. The fraction of sp³-hybridized carbons (Fsp3) is 0.368. The third-order valence-corrected chi connectivity index (χ3v) is 4.65. The number of hydrogen-bond donors (Lipinski definition) is 0. The van der Waals surface area contributed by atoms with E-state index in [2.05, 4.69) is 27.9 Å². The van der Waals surface area contributed by atoms with Crippen molar-refractivity contribution in [3.05, 3.63) is 42.1 Å². The summed E-state index contributed by atoms with van der Waals surface area (Å²) in [7, 11) is 5.38. The molecular formula is C19H22N4O2. The molecule has 0 spiro atoms. The standard InChI is InChI=1S/C19H22N4O2/c1-22(19-5-4-14(11-20)12-21-19)15-6-7-23(13-15)16-8-17(24-2)10-18(9-16)25-3/h4-5,8-10,12,15H,6-7,13H2,1-3H3. The molecule has 1 fully saturated rings. The molecular weight excluding hydrogens is 316 g/mol. The second-order valence-corrected chi connectivity index (χ2v) is 6.09. The number of aromatic nitrogens is 1. The molecule has 1 aliphatic heterocycles. The Morgan fingerprint density at radius 3 is 2.48 bits per heavy atom. The third kappa shape index (κ3) is 3.61. The summed E-state index contributed by atoms with van der Waals surface area (Å²) in [6, 6.07) is 12.1. The van der Waals surface area contributed by atoms with E-state index in [-0.39, 0.29) is 0 Å². The first-order valence-corrected chi connectivity index (χ1v) is 8.21. The molecule has 6 heteroatoms. The highest BCUT2D eigenvalue weighted by atomic mass is 16.5. The highest BCUT2D eigenvalue weighted by Crippen LogP contribution is 2.31. The molecule has 130 valence electrons. The Balaban J connectivity index is 1.73. The minimum Gasteiger partial charge on any atom is -0.497 e. The summed E-state index contributed by atoms with van der Waals surface area (Å²) in [5, 5.41) is 8.89. The van der Waals surface area contributed by atoms with Crippen molar-refractivity contribution in [1.82, 2.24) is 4.98 Å². The smallest absolute Gasteiger partial charge is 0.128 e. The van der Waals surface area contributed by atoms with Gasteiger partial charge in [0.25, 0.3) is 0 Å². The molecule has 1 atom stereocenters. The van der Waals surface area contributed by atoms with E-state index in [4.69, 9.17) is 14.7 Å². The van der Waals surface area contributed by atoms with Gasteiger partial charge in [0.2, 0.25) is 0 Å². The maximum atomic E-state index is 8.89. The van der Waals surface area contributed by atoms with Gasteiger partial charge < -0.3 is 19.3 Å². The number of ether oxygens (including phenoxy) is 2. The third-order valence-electron chi connectivity index (χ3n) is 4.65. The first-order chi connectivity index (χ1) is 12.1. The Kier molecular flexibility index (Phi) is 4.94.